The molecule has 3 rings (SSSR count). The van der Waals surface area contributed by atoms with Gasteiger partial charge in [0.2, 0.25) is 0 Å². The molecule has 110 valence electrons. The van der Waals surface area contributed by atoms with Crippen LogP contribution in [0.5, 0.6) is 5.75 Å². The van der Waals surface area contributed by atoms with Gasteiger partial charge in [-0.15, -0.1) is 0 Å². The lowest BCUT2D eigenvalue weighted by molar-refractivity contribution is 0.141. The Bertz CT molecular complexity index is 466. The van der Waals surface area contributed by atoms with E-state index in [-0.39, 0.29) is 11.9 Å². The number of fused-ring (bicyclic) bond motifs is 1. The van der Waals surface area contributed by atoms with Gasteiger partial charge in [-0.25, -0.2) is 4.39 Å². The maximum absolute atomic E-state index is 13.2. The topological polar surface area (TPSA) is 24.5 Å². The van der Waals surface area contributed by atoms with Gasteiger partial charge in [0.25, 0.3) is 0 Å². The lowest BCUT2D eigenvalue weighted by Gasteiger charge is -2.27. The normalized spacial score (nSPS) is 25.7. The highest BCUT2D eigenvalue weighted by Gasteiger charge is 2.30. The molecule has 1 saturated heterocycles. The number of halogens is 1. The fraction of sp³-hybridized carbons (Fsp3) is 0.625. The minimum atomic E-state index is -0.167. The van der Waals surface area contributed by atoms with Crippen molar-refractivity contribution < 1.29 is 9.13 Å². The Hall–Kier alpha value is -1.13. The zero-order chi connectivity index (χ0) is 13.9. The van der Waals surface area contributed by atoms with Crippen molar-refractivity contribution in [2.24, 2.45) is 0 Å². The summed E-state index contributed by atoms with van der Waals surface area (Å²) in [5, 5.41) is 3.44. The third-order valence-corrected chi connectivity index (χ3v) is 4.33. The summed E-state index contributed by atoms with van der Waals surface area (Å²) in [6.07, 6.45) is 3.54. The molecule has 4 heteroatoms. The third-order valence-electron chi connectivity index (χ3n) is 4.33. The van der Waals surface area contributed by atoms with Gasteiger partial charge in [-0.05, 0) is 44.1 Å². The van der Waals surface area contributed by atoms with Crippen molar-refractivity contribution in [2.75, 3.05) is 26.2 Å². The fourth-order valence-electron chi connectivity index (χ4n) is 3.33. The van der Waals surface area contributed by atoms with Crippen LogP contribution in [0.3, 0.4) is 0 Å². The van der Waals surface area contributed by atoms with Crippen LogP contribution in [0.4, 0.5) is 4.39 Å². The average Bonchev–Trinajstić information content (AvgIpc) is 3.02. The summed E-state index contributed by atoms with van der Waals surface area (Å²) in [7, 11) is 0. The third kappa shape index (κ3) is 2.96. The maximum atomic E-state index is 13.2. The Morgan fingerprint density at radius 1 is 1.45 bits per heavy atom. The van der Waals surface area contributed by atoms with E-state index in [1.807, 2.05) is 0 Å². The Labute approximate surface area is 120 Å². The summed E-state index contributed by atoms with van der Waals surface area (Å²) >= 11 is 0. The van der Waals surface area contributed by atoms with Crippen LogP contribution in [0.1, 0.15) is 25.3 Å². The smallest absolute Gasteiger partial charge is 0.123 e. The van der Waals surface area contributed by atoms with E-state index in [4.69, 9.17) is 4.74 Å². The van der Waals surface area contributed by atoms with Crippen molar-refractivity contribution in [3.05, 3.63) is 29.6 Å². The SMILES string of the molecule is CCNCC1CCCN1CC1Cc2cc(F)ccc2O1. The van der Waals surface area contributed by atoms with Gasteiger partial charge in [0.1, 0.15) is 17.7 Å². The zero-order valence-corrected chi connectivity index (χ0v) is 12.1. The monoisotopic (exact) mass is 278 g/mol. The maximum Gasteiger partial charge on any atom is 0.123 e. The van der Waals surface area contributed by atoms with Crippen molar-refractivity contribution in [3.8, 4) is 5.75 Å². The quantitative estimate of drug-likeness (QED) is 0.893. The van der Waals surface area contributed by atoms with Gasteiger partial charge in [0.15, 0.2) is 0 Å². The Morgan fingerprint density at radius 3 is 3.20 bits per heavy atom. The van der Waals surface area contributed by atoms with E-state index >= 15 is 0 Å². The van der Waals surface area contributed by atoms with E-state index in [0.29, 0.717) is 6.04 Å². The van der Waals surface area contributed by atoms with Gasteiger partial charge in [-0.1, -0.05) is 6.92 Å². The molecule has 1 fully saturated rings. The van der Waals surface area contributed by atoms with Crippen molar-refractivity contribution in [2.45, 2.75) is 38.3 Å². The van der Waals surface area contributed by atoms with E-state index in [2.05, 4.69) is 17.1 Å². The van der Waals surface area contributed by atoms with Gasteiger partial charge in [0.05, 0.1) is 0 Å². The van der Waals surface area contributed by atoms with Crippen LogP contribution in [0.25, 0.3) is 0 Å². The number of hydrogen-bond acceptors (Lipinski definition) is 3. The van der Waals surface area contributed by atoms with Gasteiger partial charge in [0, 0.05) is 31.1 Å². The highest BCUT2D eigenvalue weighted by molar-refractivity contribution is 5.37. The number of benzene rings is 1. The second kappa shape index (κ2) is 6.10. The first-order chi connectivity index (χ1) is 9.76. The molecule has 2 aliphatic heterocycles. The fourth-order valence-corrected chi connectivity index (χ4v) is 3.33. The van der Waals surface area contributed by atoms with Crippen molar-refractivity contribution in [1.29, 1.82) is 0 Å². The first kappa shape index (κ1) is 13.8. The van der Waals surface area contributed by atoms with Gasteiger partial charge < -0.3 is 10.1 Å². The van der Waals surface area contributed by atoms with Gasteiger partial charge in [-0.3, -0.25) is 4.90 Å². The van der Waals surface area contributed by atoms with Crippen molar-refractivity contribution in [3.63, 3.8) is 0 Å². The Kier molecular flexibility index (Phi) is 4.22. The lowest BCUT2D eigenvalue weighted by Crippen LogP contribution is -2.42. The van der Waals surface area contributed by atoms with Gasteiger partial charge in [-0.2, -0.15) is 0 Å². The summed E-state index contributed by atoms with van der Waals surface area (Å²) in [4.78, 5) is 2.52. The van der Waals surface area contributed by atoms with Crippen LogP contribution >= 0.6 is 0 Å². The minimum absolute atomic E-state index is 0.167. The van der Waals surface area contributed by atoms with Crippen LogP contribution in [0, 0.1) is 5.82 Å². The highest BCUT2D eigenvalue weighted by Crippen LogP contribution is 2.30. The summed E-state index contributed by atoms with van der Waals surface area (Å²) in [5.74, 6) is 0.693. The van der Waals surface area contributed by atoms with Crippen molar-refractivity contribution >= 4 is 0 Å². The molecule has 0 saturated carbocycles. The summed E-state index contributed by atoms with van der Waals surface area (Å²) < 4.78 is 19.2. The first-order valence-corrected chi connectivity index (χ1v) is 7.66. The molecule has 0 aromatic heterocycles. The average molecular weight is 278 g/mol. The largest absolute Gasteiger partial charge is 0.488 e. The van der Waals surface area contributed by atoms with E-state index in [1.54, 1.807) is 12.1 Å². The number of rotatable bonds is 5. The second-order valence-corrected chi connectivity index (χ2v) is 5.79. The summed E-state index contributed by atoms with van der Waals surface area (Å²) in [6.45, 7) is 6.33. The number of nitrogens with zero attached hydrogens (tertiary/aromatic N) is 1. The summed E-state index contributed by atoms with van der Waals surface area (Å²) in [6, 6.07) is 5.46. The van der Waals surface area contributed by atoms with Crippen LogP contribution < -0.4 is 10.1 Å². The molecule has 0 radical (unpaired) electrons. The van der Waals surface area contributed by atoms with Crippen molar-refractivity contribution in [1.82, 2.24) is 10.2 Å². The first-order valence-electron chi connectivity index (χ1n) is 7.66. The molecule has 2 aliphatic rings. The molecule has 0 bridgehead atoms. The molecule has 2 unspecified atom stereocenters. The second-order valence-electron chi connectivity index (χ2n) is 5.79. The van der Waals surface area contributed by atoms with Crippen LogP contribution in [0.15, 0.2) is 18.2 Å². The Balaban J connectivity index is 1.57. The predicted octanol–water partition coefficient (Wildman–Crippen LogP) is 2.20. The number of likely N-dealkylation sites (tertiary alicyclic amines) is 1. The minimum Gasteiger partial charge on any atom is -0.488 e. The highest BCUT2D eigenvalue weighted by atomic mass is 19.1. The Morgan fingerprint density at radius 2 is 2.35 bits per heavy atom. The number of hydrogen-bond donors (Lipinski definition) is 1. The van der Waals surface area contributed by atoms with Crippen LogP contribution in [-0.4, -0.2) is 43.2 Å². The van der Waals surface area contributed by atoms with Gasteiger partial charge >= 0.3 is 0 Å². The predicted molar refractivity (Wildman–Crippen MR) is 77.7 cm³/mol. The van der Waals surface area contributed by atoms with E-state index in [1.165, 1.54) is 18.9 Å². The standard InChI is InChI=1S/C16H23FN2O/c1-2-18-10-14-4-3-7-19(14)11-15-9-12-8-13(17)5-6-16(12)20-15/h5-6,8,14-15,18H,2-4,7,9-11H2,1H3. The number of likely N-dealkylation sites (N-methyl/N-ethyl adjacent to an activating group) is 1. The lowest BCUT2D eigenvalue weighted by atomic mass is 10.1. The molecule has 1 aromatic rings. The molecule has 0 amide bonds. The molecule has 1 N–H and O–H groups in total. The molecule has 2 heterocycles. The van der Waals surface area contributed by atoms with Crippen LogP contribution in [-0.2, 0) is 6.42 Å². The molecule has 2 atom stereocenters. The zero-order valence-electron chi connectivity index (χ0n) is 12.1. The number of ether oxygens (including phenoxy) is 1. The van der Waals surface area contributed by atoms with Crippen LogP contribution in [0.2, 0.25) is 0 Å². The molecule has 3 nitrogen and oxygen atoms in total. The molecule has 1 aromatic carbocycles. The summed E-state index contributed by atoms with van der Waals surface area (Å²) in [5.41, 5.74) is 1.01. The van der Waals surface area contributed by atoms with E-state index < -0.39 is 0 Å². The van der Waals surface area contributed by atoms with E-state index in [9.17, 15) is 4.39 Å². The molecular formula is C16H23FN2O. The molecule has 0 aliphatic carbocycles. The van der Waals surface area contributed by atoms with E-state index in [0.717, 1.165) is 43.9 Å². The molecule has 20 heavy (non-hydrogen) atoms. The molecular weight excluding hydrogens is 255 g/mol. The number of nitrogens with one attached hydrogen (secondary N) is 1. The molecule has 0 spiro atoms.